The van der Waals surface area contributed by atoms with Gasteiger partial charge < -0.3 is 5.73 Å². The minimum Gasteiger partial charge on any atom is -0.324 e. The van der Waals surface area contributed by atoms with E-state index in [1.807, 2.05) is 6.92 Å². The third-order valence-corrected chi connectivity index (χ3v) is 2.64. The lowest BCUT2D eigenvalue weighted by Gasteiger charge is -2.22. The summed E-state index contributed by atoms with van der Waals surface area (Å²) in [7, 11) is 0. The molecule has 0 aliphatic heterocycles. The van der Waals surface area contributed by atoms with Crippen molar-refractivity contribution in [3.63, 3.8) is 0 Å². The van der Waals surface area contributed by atoms with Crippen LogP contribution in [0, 0.1) is 5.92 Å². The molecule has 0 heterocycles. The molecule has 0 saturated heterocycles. The maximum atomic E-state index is 5.83. The van der Waals surface area contributed by atoms with Gasteiger partial charge >= 0.3 is 0 Å². The average molecular weight is 173 g/mol. The first-order chi connectivity index (χ1) is 6.27. The largest absolute Gasteiger partial charge is 0.324 e. The lowest BCUT2D eigenvalue weighted by Crippen LogP contribution is -2.19. The number of fused-ring (bicyclic) bond motifs is 1. The lowest BCUT2D eigenvalue weighted by atomic mass is 9.84. The van der Waals surface area contributed by atoms with Crippen molar-refractivity contribution in [3.8, 4) is 0 Å². The molecule has 68 valence electrons. The van der Waals surface area contributed by atoms with Crippen LogP contribution in [-0.2, 0) is 0 Å². The molecule has 0 bridgehead atoms. The van der Waals surface area contributed by atoms with Gasteiger partial charge in [0.2, 0.25) is 0 Å². The standard InChI is InChI=1S/C12H15N/c1-9(13)11-7-6-10-4-2-3-5-12(10)8-11/h2-5,7-10H,6,13H2,1H3. The molecule has 2 rings (SSSR count). The van der Waals surface area contributed by atoms with E-state index in [0.717, 1.165) is 6.42 Å². The van der Waals surface area contributed by atoms with Crippen molar-refractivity contribution in [1.29, 1.82) is 0 Å². The predicted octanol–water partition coefficient (Wildman–Crippen LogP) is 2.33. The van der Waals surface area contributed by atoms with Gasteiger partial charge in [0, 0.05) is 12.0 Å². The molecule has 0 aromatic carbocycles. The van der Waals surface area contributed by atoms with E-state index in [-0.39, 0.29) is 6.04 Å². The Morgan fingerprint density at radius 3 is 3.08 bits per heavy atom. The van der Waals surface area contributed by atoms with Gasteiger partial charge in [0.15, 0.2) is 0 Å². The molecular weight excluding hydrogens is 158 g/mol. The summed E-state index contributed by atoms with van der Waals surface area (Å²) in [5, 5.41) is 0. The van der Waals surface area contributed by atoms with E-state index in [1.54, 1.807) is 0 Å². The Hall–Kier alpha value is -1.08. The second-order valence-electron chi connectivity index (χ2n) is 3.72. The van der Waals surface area contributed by atoms with Gasteiger partial charge in [0.1, 0.15) is 0 Å². The third-order valence-electron chi connectivity index (χ3n) is 2.64. The molecule has 0 saturated carbocycles. The van der Waals surface area contributed by atoms with Gasteiger partial charge in [0.25, 0.3) is 0 Å². The fourth-order valence-corrected chi connectivity index (χ4v) is 1.80. The zero-order valence-electron chi connectivity index (χ0n) is 7.90. The summed E-state index contributed by atoms with van der Waals surface area (Å²) >= 11 is 0. The molecule has 0 radical (unpaired) electrons. The fraction of sp³-hybridized carbons (Fsp3) is 0.333. The number of hydrogen-bond donors (Lipinski definition) is 1. The van der Waals surface area contributed by atoms with Gasteiger partial charge in [-0.15, -0.1) is 0 Å². The van der Waals surface area contributed by atoms with Crippen molar-refractivity contribution in [3.05, 3.63) is 47.6 Å². The van der Waals surface area contributed by atoms with Crippen LogP contribution in [0.3, 0.4) is 0 Å². The summed E-state index contributed by atoms with van der Waals surface area (Å²) < 4.78 is 0. The highest BCUT2D eigenvalue weighted by molar-refractivity contribution is 5.43. The molecule has 13 heavy (non-hydrogen) atoms. The smallest absolute Gasteiger partial charge is 0.0262 e. The first-order valence-electron chi connectivity index (χ1n) is 4.79. The Morgan fingerprint density at radius 1 is 1.46 bits per heavy atom. The molecule has 0 fully saturated rings. The Labute approximate surface area is 79.3 Å². The van der Waals surface area contributed by atoms with Crippen molar-refractivity contribution in [2.45, 2.75) is 19.4 Å². The molecule has 2 N–H and O–H groups in total. The molecule has 2 aliphatic carbocycles. The number of nitrogens with two attached hydrogens (primary N) is 1. The van der Waals surface area contributed by atoms with Gasteiger partial charge in [-0.2, -0.15) is 0 Å². The molecule has 1 nitrogen and oxygen atoms in total. The highest BCUT2D eigenvalue weighted by Crippen LogP contribution is 2.29. The van der Waals surface area contributed by atoms with Crippen LogP contribution in [-0.4, -0.2) is 6.04 Å². The minimum atomic E-state index is 0.160. The van der Waals surface area contributed by atoms with Gasteiger partial charge in [-0.3, -0.25) is 0 Å². The van der Waals surface area contributed by atoms with E-state index in [0.29, 0.717) is 5.92 Å². The normalized spacial score (nSPS) is 27.7. The second-order valence-corrected chi connectivity index (χ2v) is 3.72. The number of hydrogen-bond acceptors (Lipinski definition) is 1. The van der Waals surface area contributed by atoms with E-state index in [4.69, 9.17) is 5.73 Å². The van der Waals surface area contributed by atoms with E-state index in [2.05, 4.69) is 36.5 Å². The van der Waals surface area contributed by atoms with Gasteiger partial charge in [-0.1, -0.05) is 36.5 Å². The average Bonchev–Trinajstić information content (AvgIpc) is 2.17. The summed E-state index contributed by atoms with van der Waals surface area (Å²) in [4.78, 5) is 0. The van der Waals surface area contributed by atoms with Crippen molar-refractivity contribution < 1.29 is 0 Å². The van der Waals surface area contributed by atoms with Crippen LogP contribution in [0.4, 0.5) is 0 Å². The maximum Gasteiger partial charge on any atom is 0.0262 e. The Kier molecular flexibility index (Phi) is 2.19. The van der Waals surface area contributed by atoms with Crippen molar-refractivity contribution in [1.82, 2.24) is 0 Å². The summed E-state index contributed by atoms with van der Waals surface area (Å²) in [5.74, 6) is 0.590. The van der Waals surface area contributed by atoms with E-state index in [1.165, 1.54) is 11.1 Å². The van der Waals surface area contributed by atoms with Crippen molar-refractivity contribution in [2.75, 3.05) is 0 Å². The first kappa shape index (κ1) is 8.52. The highest BCUT2D eigenvalue weighted by Gasteiger charge is 2.15. The molecule has 0 amide bonds. The zero-order valence-corrected chi connectivity index (χ0v) is 7.90. The summed E-state index contributed by atoms with van der Waals surface area (Å²) in [6.45, 7) is 2.03. The molecule has 2 unspecified atom stereocenters. The van der Waals surface area contributed by atoms with Crippen LogP contribution in [0.25, 0.3) is 0 Å². The predicted molar refractivity (Wildman–Crippen MR) is 56.2 cm³/mol. The minimum absolute atomic E-state index is 0.160. The van der Waals surface area contributed by atoms with Crippen LogP contribution in [0.2, 0.25) is 0 Å². The van der Waals surface area contributed by atoms with Gasteiger partial charge in [0.05, 0.1) is 0 Å². The van der Waals surface area contributed by atoms with Crippen LogP contribution >= 0.6 is 0 Å². The van der Waals surface area contributed by atoms with E-state index < -0.39 is 0 Å². The molecule has 2 atom stereocenters. The van der Waals surface area contributed by atoms with Crippen LogP contribution < -0.4 is 5.73 Å². The number of rotatable bonds is 1. The van der Waals surface area contributed by atoms with E-state index >= 15 is 0 Å². The topological polar surface area (TPSA) is 26.0 Å². The highest BCUT2D eigenvalue weighted by atomic mass is 14.6. The fourth-order valence-electron chi connectivity index (χ4n) is 1.80. The summed E-state index contributed by atoms with van der Waals surface area (Å²) in [6, 6.07) is 0.160. The zero-order chi connectivity index (χ0) is 9.26. The summed E-state index contributed by atoms with van der Waals surface area (Å²) in [6.07, 6.45) is 14.2. The number of allylic oxidation sites excluding steroid dienone is 6. The quantitative estimate of drug-likeness (QED) is 0.647. The molecule has 0 aromatic heterocycles. The Morgan fingerprint density at radius 2 is 2.31 bits per heavy atom. The third kappa shape index (κ3) is 1.65. The SMILES string of the molecule is CC(N)C1=CCC2C=CC=CC2=C1. The molecule has 1 heteroatoms. The first-order valence-corrected chi connectivity index (χ1v) is 4.79. The van der Waals surface area contributed by atoms with Crippen LogP contribution in [0.1, 0.15) is 13.3 Å². The van der Waals surface area contributed by atoms with Gasteiger partial charge in [-0.25, -0.2) is 0 Å². The van der Waals surface area contributed by atoms with Crippen molar-refractivity contribution in [2.24, 2.45) is 11.7 Å². The Bertz CT molecular complexity index is 316. The van der Waals surface area contributed by atoms with Crippen LogP contribution in [0.15, 0.2) is 47.6 Å². The summed E-state index contributed by atoms with van der Waals surface area (Å²) in [5.41, 5.74) is 8.50. The van der Waals surface area contributed by atoms with E-state index in [9.17, 15) is 0 Å². The molecule has 0 spiro atoms. The second kappa shape index (κ2) is 3.35. The molecule has 0 aromatic rings. The monoisotopic (exact) mass is 173 g/mol. The Balaban J connectivity index is 2.25. The van der Waals surface area contributed by atoms with Gasteiger partial charge in [-0.05, 0) is 24.5 Å². The van der Waals surface area contributed by atoms with Crippen LogP contribution in [0.5, 0.6) is 0 Å². The lowest BCUT2D eigenvalue weighted by molar-refractivity contribution is 0.748. The maximum absolute atomic E-state index is 5.83. The molecule has 2 aliphatic rings. The molecular formula is C12H15N. The van der Waals surface area contributed by atoms with Crippen molar-refractivity contribution >= 4 is 0 Å².